The summed E-state index contributed by atoms with van der Waals surface area (Å²) in [5.41, 5.74) is 6.06. The third-order valence-corrected chi connectivity index (χ3v) is 5.64. The van der Waals surface area contributed by atoms with E-state index in [1.54, 1.807) is 11.2 Å². The van der Waals surface area contributed by atoms with Crippen molar-refractivity contribution in [3.05, 3.63) is 89.2 Å². The van der Waals surface area contributed by atoms with E-state index in [2.05, 4.69) is 20.4 Å². The molecule has 0 bridgehead atoms. The highest BCUT2D eigenvalue weighted by molar-refractivity contribution is 7.17. The number of benzene rings is 1. The molecule has 6 nitrogen and oxygen atoms in total. The number of fused-ring (bicyclic) bond motifs is 1. The minimum absolute atomic E-state index is 0.253. The molecular formula is C22H20FN5OS. The molecule has 0 aliphatic rings. The van der Waals surface area contributed by atoms with Gasteiger partial charge in [-0.3, -0.25) is 14.8 Å². The van der Waals surface area contributed by atoms with Gasteiger partial charge in [0.1, 0.15) is 12.1 Å². The van der Waals surface area contributed by atoms with E-state index in [0.717, 1.165) is 22.0 Å². The van der Waals surface area contributed by atoms with Gasteiger partial charge in [-0.2, -0.15) is 0 Å². The molecule has 1 atom stereocenters. The maximum Gasteiger partial charge on any atom is 0.288 e. The molecule has 1 aromatic carbocycles. The number of hydrogen-bond acceptors (Lipinski definition) is 6. The number of rotatable bonds is 7. The van der Waals surface area contributed by atoms with Crippen LogP contribution in [-0.2, 0) is 6.42 Å². The molecule has 3 aromatic heterocycles. The van der Waals surface area contributed by atoms with Crippen molar-refractivity contribution in [1.29, 1.82) is 0 Å². The van der Waals surface area contributed by atoms with Crippen LogP contribution in [0.2, 0.25) is 0 Å². The lowest BCUT2D eigenvalue weighted by Crippen LogP contribution is -2.45. The lowest BCUT2D eigenvalue weighted by molar-refractivity contribution is 0.0623. The van der Waals surface area contributed by atoms with E-state index in [9.17, 15) is 9.18 Å². The molecule has 1 N–H and O–H groups in total. The van der Waals surface area contributed by atoms with E-state index < -0.39 is 5.82 Å². The largest absolute Gasteiger partial charge is 0.288 e. The minimum Gasteiger partial charge on any atom is -0.272 e. The van der Waals surface area contributed by atoms with Crippen LogP contribution in [0, 0.1) is 5.82 Å². The molecule has 0 aliphatic carbocycles. The summed E-state index contributed by atoms with van der Waals surface area (Å²) in [5.74, 6) is -0.670. The van der Waals surface area contributed by atoms with Crippen LogP contribution in [0.1, 0.15) is 34.6 Å². The van der Waals surface area contributed by atoms with Crippen molar-refractivity contribution in [1.82, 2.24) is 25.4 Å². The molecule has 3 heterocycles. The average molecular weight is 422 g/mol. The van der Waals surface area contributed by atoms with Gasteiger partial charge in [0.2, 0.25) is 0 Å². The number of aromatic nitrogens is 3. The SMILES string of the molecule is C[C@H](NN(CCc1ccccc1)C(=O)c1ncnc2ccsc12)c1cncc(F)c1. The zero-order valence-electron chi connectivity index (χ0n) is 16.3. The number of hydrazine groups is 1. The van der Waals surface area contributed by atoms with Crippen LogP contribution in [0.25, 0.3) is 10.2 Å². The van der Waals surface area contributed by atoms with Crippen LogP contribution < -0.4 is 5.43 Å². The van der Waals surface area contributed by atoms with Crippen molar-refractivity contribution in [3.8, 4) is 0 Å². The summed E-state index contributed by atoms with van der Waals surface area (Å²) in [7, 11) is 0. The molecule has 0 spiro atoms. The molecule has 4 aromatic rings. The predicted octanol–water partition coefficient (Wildman–Crippen LogP) is 4.18. The second kappa shape index (κ2) is 9.06. The molecule has 0 radical (unpaired) electrons. The monoisotopic (exact) mass is 421 g/mol. The lowest BCUT2D eigenvalue weighted by atomic mass is 10.1. The first-order chi connectivity index (χ1) is 14.6. The van der Waals surface area contributed by atoms with Crippen molar-refractivity contribution in [3.63, 3.8) is 0 Å². The number of carbonyl (C=O) groups excluding carboxylic acids is 1. The number of nitrogens with zero attached hydrogens (tertiary/aromatic N) is 4. The Morgan fingerprint density at radius 2 is 2.03 bits per heavy atom. The first kappa shape index (κ1) is 20.1. The first-order valence-corrected chi connectivity index (χ1v) is 10.4. The van der Waals surface area contributed by atoms with Crippen molar-refractivity contribution < 1.29 is 9.18 Å². The molecule has 0 saturated heterocycles. The van der Waals surface area contributed by atoms with Gasteiger partial charge in [-0.05, 0) is 42.0 Å². The molecule has 0 aliphatic heterocycles. The maximum absolute atomic E-state index is 13.6. The topological polar surface area (TPSA) is 71.0 Å². The fraction of sp³-hybridized carbons (Fsp3) is 0.182. The molecule has 0 fully saturated rings. The summed E-state index contributed by atoms with van der Waals surface area (Å²) >= 11 is 1.43. The van der Waals surface area contributed by atoms with Crippen LogP contribution in [0.5, 0.6) is 0 Å². The number of pyridine rings is 1. The highest BCUT2D eigenvalue weighted by atomic mass is 32.1. The average Bonchev–Trinajstić information content (AvgIpc) is 3.26. The zero-order chi connectivity index (χ0) is 20.9. The summed E-state index contributed by atoms with van der Waals surface area (Å²) in [5, 5.41) is 3.43. The summed E-state index contributed by atoms with van der Waals surface area (Å²) < 4.78 is 14.4. The van der Waals surface area contributed by atoms with E-state index in [1.165, 1.54) is 23.7 Å². The van der Waals surface area contributed by atoms with Gasteiger partial charge in [-0.25, -0.2) is 19.8 Å². The second-order valence-electron chi connectivity index (χ2n) is 6.84. The number of thiophene rings is 1. The molecule has 152 valence electrons. The van der Waals surface area contributed by atoms with Crippen LogP contribution in [0.4, 0.5) is 4.39 Å². The van der Waals surface area contributed by atoms with E-state index in [-0.39, 0.29) is 11.9 Å². The highest BCUT2D eigenvalue weighted by Crippen LogP contribution is 2.23. The van der Waals surface area contributed by atoms with Crippen molar-refractivity contribution in [2.45, 2.75) is 19.4 Å². The molecule has 1 amide bonds. The van der Waals surface area contributed by atoms with Crippen molar-refractivity contribution in [2.75, 3.05) is 6.54 Å². The quantitative estimate of drug-likeness (QED) is 0.454. The summed E-state index contributed by atoms with van der Waals surface area (Å²) in [4.78, 5) is 25.8. The van der Waals surface area contributed by atoms with Crippen LogP contribution in [0.3, 0.4) is 0 Å². The van der Waals surface area contributed by atoms with Crippen molar-refractivity contribution in [2.24, 2.45) is 0 Å². The van der Waals surface area contributed by atoms with E-state index in [1.807, 2.05) is 48.7 Å². The van der Waals surface area contributed by atoms with Gasteiger partial charge in [0.05, 0.1) is 22.5 Å². The molecular weight excluding hydrogens is 401 g/mol. The Kier molecular flexibility index (Phi) is 6.06. The molecule has 30 heavy (non-hydrogen) atoms. The predicted molar refractivity (Wildman–Crippen MR) is 114 cm³/mol. The van der Waals surface area contributed by atoms with Crippen molar-refractivity contribution >= 4 is 27.5 Å². The fourth-order valence-electron chi connectivity index (χ4n) is 3.15. The van der Waals surface area contributed by atoms with Gasteiger partial charge in [0, 0.05) is 12.7 Å². The number of amides is 1. The van der Waals surface area contributed by atoms with Crippen LogP contribution in [-0.4, -0.2) is 32.4 Å². The maximum atomic E-state index is 13.6. The van der Waals surface area contributed by atoms with E-state index >= 15 is 0 Å². The summed E-state index contributed by atoms with van der Waals surface area (Å²) in [6.07, 6.45) is 4.80. The van der Waals surface area contributed by atoms with Crippen LogP contribution in [0.15, 0.2) is 66.6 Å². The Hall–Kier alpha value is -3.23. The third-order valence-electron chi connectivity index (χ3n) is 4.73. The first-order valence-electron chi connectivity index (χ1n) is 9.52. The lowest BCUT2D eigenvalue weighted by Gasteiger charge is -2.27. The molecule has 0 saturated carbocycles. The highest BCUT2D eigenvalue weighted by Gasteiger charge is 2.23. The second-order valence-corrected chi connectivity index (χ2v) is 7.75. The van der Waals surface area contributed by atoms with Gasteiger partial charge >= 0.3 is 0 Å². The van der Waals surface area contributed by atoms with Gasteiger partial charge < -0.3 is 0 Å². The normalized spacial score (nSPS) is 12.1. The molecule has 8 heteroatoms. The van der Waals surface area contributed by atoms with Gasteiger partial charge in [0.25, 0.3) is 5.91 Å². The Labute approximate surface area is 177 Å². The number of nitrogens with one attached hydrogen (secondary N) is 1. The minimum atomic E-state index is -0.417. The Balaban J connectivity index is 1.60. The van der Waals surface area contributed by atoms with Crippen LogP contribution >= 0.6 is 11.3 Å². The standard InChI is InChI=1S/C22H20FN5OS/c1-15(17-11-18(23)13-24-12-17)27-28(9-7-16-5-3-2-4-6-16)22(29)20-21-19(8-10-30-21)25-14-26-20/h2-6,8,10-15,27H,7,9H2,1H3/t15-/m0/s1. The van der Waals surface area contributed by atoms with Gasteiger partial charge in [0.15, 0.2) is 5.69 Å². The summed E-state index contributed by atoms with van der Waals surface area (Å²) in [6.45, 7) is 2.28. The summed E-state index contributed by atoms with van der Waals surface area (Å²) in [6, 6.07) is 12.9. The zero-order valence-corrected chi connectivity index (χ0v) is 17.1. The third kappa shape index (κ3) is 4.50. The molecule has 0 unspecified atom stereocenters. The number of halogens is 1. The number of hydrogen-bond donors (Lipinski definition) is 1. The van der Waals surface area contributed by atoms with Gasteiger partial charge in [-0.1, -0.05) is 30.3 Å². The Bertz CT molecular complexity index is 1150. The number of carbonyl (C=O) groups is 1. The Morgan fingerprint density at radius 1 is 1.20 bits per heavy atom. The van der Waals surface area contributed by atoms with E-state index in [4.69, 9.17) is 0 Å². The van der Waals surface area contributed by atoms with Gasteiger partial charge in [-0.15, -0.1) is 11.3 Å². The molecule has 4 rings (SSSR count). The smallest absolute Gasteiger partial charge is 0.272 e. The fourth-order valence-corrected chi connectivity index (χ4v) is 3.98. The van der Waals surface area contributed by atoms with E-state index in [0.29, 0.717) is 24.2 Å². The Morgan fingerprint density at radius 3 is 2.83 bits per heavy atom.